The van der Waals surface area contributed by atoms with Crippen molar-refractivity contribution in [3.05, 3.63) is 29.3 Å². The predicted octanol–water partition coefficient (Wildman–Crippen LogP) is 5.29. The van der Waals surface area contributed by atoms with E-state index in [0.29, 0.717) is 0 Å². The molecule has 3 nitrogen and oxygen atoms in total. The van der Waals surface area contributed by atoms with Gasteiger partial charge in [-0.2, -0.15) is 0 Å². The summed E-state index contributed by atoms with van der Waals surface area (Å²) in [6.07, 6.45) is 5.44. The third-order valence-electron chi connectivity index (χ3n) is 6.97. The molecular formula is C22H37NO2Si. The molecule has 146 valence electrons. The summed E-state index contributed by atoms with van der Waals surface area (Å²) in [7, 11) is 0.335. The molecular weight excluding hydrogens is 338 g/mol. The molecule has 1 saturated carbocycles. The molecule has 1 aliphatic heterocycles. The summed E-state index contributed by atoms with van der Waals surface area (Å²) in [5, 5.41) is 11.6. The van der Waals surface area contributed by atoms with E-state index in [1.165, 1.54) is 17.5 Å². The van der Waals surface area contributed by atoms with Crippen molar-refractivity contribution in [1.29, 1.82) is 0 Å². The van der Waals surface area contributed by atoms with Crippen LogP contribution in [0.4, 0.5) is 0 Å². The SMILES string of the molecule is CN1Cc2cc(O[Si](C)(C)C(C)(C)C)ccc2C(C2(O)CCCCC2)C1. The van der Waals surface area contributed by atoms with E-state index in [-0.39, 0.29) is 11.0 Å². The molecule has 0 spiro atoms. The van der Waals surface area contributed by atoms with Crippen LogP contribution in [-0.4, -0.2) is 37.5 Å². The Hall–Kier alpha value is -0.843. The topological polar surface area (TPSA) is 32.7 Å². The first-order valence-corrected chi connectivity index (χ1v) is 13.2. The highest BCUT2D eigenvalue weighted by Gasteiger charge is 2.42. The van der Waals surface area contributed by atoms with Crippen molar-refractivity contribution in [2.45, 2.75) is 89.1 Å². The molecule has 0 saturated heterocycles. The maximum Gasteiger partial charge on any atom is 0.250 e. The molecule has 1 aliphatic carbocycles. The van der Waals surface area contributed by atoms with Gasteiger partial charge in [0.25, 0.3) is 0 Å². The van der Waals surface area contributed by atoms with E-state index in [9.17, 15) is 5.11 Å². The third-order valence-corrected chi connectivity index (χ3v) is 11.3. The van der Waals surface area contributed by atoms with Gasteiger partial charge in [0.15, 0.2) is 0 Å². The standard InChI is InChI=1S/C22H37NO2Si/c1-21(2,3)26(5,6)25-18-10-11-19-17(14-18)15-23(4)16-20(19)22(24)12-8-7-9-13-22/h10-11,14,20,24H,7-9,12-13,15-16H2,1-6H3. The van der Waals surface area contributed by atoms with Gasteiger partial charge in [0, 0.05) is 19.0 Å². The minimum atomic E-state index is -1.84. The lowest BCUT2D eigenvalue weighted by molar-refractivity contribution is -0.0333. The van der Waals surface area contributed by atoms with E-state index in [1.54, 1.807) is 0 Å². The highest BCUT2D eigenvalue weighted by molar-refractivity contribution is 6.74. The molecule has 2 aliphatic rings. The minimum absolute atomic E-state index is 0.194. The molecule has 1 aromatic carbocycles. The molecule has 3 rings (SSSR count). The molecule has 1 fully saturated rings. The van der Waals surface area contributed by atoms with Gasteiger partial charge in [0.1, 0.15) is 5.75 Å². The highest BCUT2D eigenvalue weighted by atomic mass is 28.4. The number of hydrogen-bond donors (Lipinski definition) is 1. The van der Waals surface area contributed by atoms with Gasteiger partial charge in [0.2, 0.25) is 8.32 Å². The van der Waals surface area contributed by atoms with E-state index < -0.39 is 13.9 Å². The fraction of sp³-hybridized carbons (Fsp3) is 0.727. The first-order chi connectivity index (χ1) is 12.0. The molecule has 0 amide bonds. The monoisotopic (exact) mass is 375 g/mol. The van der Waals surface area contributed by atoms with Crippen molar-refractivity contribution in [2.24, 2.45) is 0 Å². The van der Waals surface area contributed by atoms with Crippen LogP contribution in [0, 0.1) is 0 Å². The molecule has 0 bridgehead atoms. The molecule has 1 heterocycles. The van der Waals surface area contributed by atoms with Gasteiger partial charge >= 0.3 is 0 Å². The minimum Gasteiger partial charge on any atom is -0.543 e. The molecule has 1 atom stereocenters. The van der Waals surface area contributed by atoms with Crippen LogP contribution in [0.1, 0.15) is 69.9 Å². The average Bonchev–Trinajstić information content (AvgIpc) is 2.53. The average molecular weight is 376 g/mol. The van der Waals surface area contributed by atoms with Crippen LogP contribution in [0.25, 0.3) is 0 Å². The Morgan fingerprint density at radius 1 is 1.15 bits per heavy atom. The number of aliphatic hydroxyl groups is 1. The van der Waals surface area contributed by atoms with E-state index in [1.807, 2.05) is 0 Å². The van der Waals surface area contributed by atoms with Gasteiger partial charge < -0.3 is 14.4 Å². The lowest BCUT2D eigenvalue weighted by Crippen LogP contribution is -2.46. The molecule has 1 unspecified atom stereocenters. The van der Waals surface area contributed by atoms with Crippen molar-refractivity contribution in [3.63, 3.8) is 0 Å². The maximum absolute atomic E-state index is 11.4. The lowest BCUT2D eigenvalue weighted by Gasteiger charge is -2.44. The van der Waals surface area contributed by atoms with Crippen LogP contribution in [0.2, 0.25) is 18.1 Å². The Kier molecular flexibility index (Phi) is 5.32. The maximum atomic E-state index is 11.4. The van der Waals surface area contributed by atoms with Crippen LogP contribution in [0.15, 0.2) is 18.2 Å². The van der Waals surface area contributed by atoms with Crippen molar-refractivity contribution < 1.29 is 9.53 Å². The summed E-state index contributed by atoms with van der Waals surface area (Å²) in [5.41, 5.74) is 2.14. The summed E-state index contributed by atoms with van der Waals surface area (Å²) >= 11 is 0. The fourth-order valence-electron chi connectivity index (χ4n) is 4.31. The summed E-state index contributed by atoms with van der Waals surface area (Å²) in [6.45, 7) is 13.3. The van der Waals surface area contributed by atoms with Crippen LogP contribution < -0.4 is 4.43 Å². The first-order valence-electron chi connectivity index (χ1n) is 10.2. The number of fused-ring (bicyclic) bond motifs is 1. The molecule has 0 radical (unpaired) electrons. The fourth-order valence-corrected chi connectivity index (χ4v) is 5.33. The smallest absolute Gasteiger partial charge is 0.250 e. The van der Waals surface area contributed by atoms with E-state index in [4.69, 9.17) is 4.43 Å². The van der Waals surface area contributed by atoms with Crippen LogP contribution in [0.5, 0.6) is 5.75 Å². The zero-order chi connectivity index (χ0) is 19.2. The summed E-state index contributed by atoms with van der Waals surface area (Å²) in [5.74, 6) is 1.22. The number of rotatable bonds is 3. The second kappa shape index (κ2) is 6.96. The Labute approximate surface area is 160 Å². The Morgan fingerprint density at radius 3 is 2.42 bits per heavy atom. The quantitative estimate of drug-likeness (QED) is 0.728. The van der Waals surface area contributed by atoms with E-state index in [0.717, 1.165) is 44.5 Å². The molecule has 1 N–H and O–H groups in total. The largest absolute Gasteiger partial charge is 0.543 e. The number of likely N-dealkylation sites (N-methyl/N-ethyl adjacent to an activating group) is 1. The van der Waals surface area contributed by atoms with Gasteiger partial charge in [-0.3, -0.25) is 0 Å². The summed E-state index contributed by atoms with van der Waals surface area (Å²) in [4.78, 5) is 2.36. The van der Waals surface area contributed by atoms with Crippen molar-refractivity contribution >= 4 is 8.32 Å². The van der Waals surface area contributed by atoms with Gasteiger partial charge in [-0.15, -0.1) is 0 Å². The normalized spacial score (nSPS) is 24.2. The van der Waals surface area contributed by atoms with Crippen molar-refractivity contribution in [1.82, 2.24) is 4.90 Å². The molecule has 4 heteroatoms. The summed E-state index contributed by atoms with van der Waals surface area (Å²) < 4.78 is 6.53. The zero-order valence-corrected chi connectivity index (χ0v) is 18.6. The third kappa shape index (κ3) is 3.88. The van der Waals surface area contributed by atoms with Gasteiger partial charge in [-0.1, -0.05) is 46.1 Å². The second-order valence-corrected chi connectivity index (χ2v) is 14.9. The van der Waals surface area contributed by atoms with Crippen molar-refractivity contribution in [2.75, 3.05) is 13.6 Å². The Bertz CT molecular complexity index is 644. The second-order valence-electron chi connectivity index (χ2n) is 10.1. The molecule has 26 heavy (non-hydrogen) atoms. The lowest BCUT2D eigenvalue weighted by atomic mass is 9.70. The van der Waals surface area contributed by atoms with E-state index in [2.05, 4.69) is 64.0 Å². The Balaban J connectivity index is 1.90. The molecule has 0 aromatic heterocycles. The highest BCUT2D eigenvalue weighted by Crippen LogP contribution is 2.45. The number of hydrogen-bond acceptors (Lipinski definition) is 3. The van der Waals surface area contributed by atoms with Crippen molar-refractivity contribution in [3.8, 4) is 5.75 Å². The van der Waals surface area contributed by atoms with Gasteiger partial charge in [-0.25, -0.2) is 0 Å². The number of nitrogens with zero attached hydrogens (tertiary/aromatic N) is 1. The Morgan fingerprint density at radius 2 is 1.81 bits per heavy atom. The van der Waals surface area contributed by atoms with Crippen LogP contribution in [0.3, 0.4) is 0 Å². The number of benzene rings is 1. The first kappa shape index (κ1) is 19.9. The predicted molar refractivity (Wildman–Crippen MR) is 111 cm³/mol. The van der Waals surface area contributed by atoms with Gasteiger partial charge in [0.05, 0.1) is 5.60 Å². The summed E-state index contributed by atoms with van der Waals surface area (Å²) in [6, 6.07) is 6.62. The molecule has 1 aromatic rings. The van der Waals surface area contributed by atoms with E-state index >= 15 is 0 Å². The van der Waals surface area contributed by atoms with Crippen LogP contribution >= 0.6 is 0 Å². The van der Waals surface area contributed by atoms with Crippen LogP contribution in [-0.2, 0) is 6.54 Å². The zero-order valence-electron chi connectivity index (χ0n) is 17.6. The van der Waals surface area contributed by atoms with Gasteiger partial charge in [-0.05, 0) is 61.3 Å².